The molecule has 1 nitrogen and oxygen atoms in total. The fourth-order valence-corrected chi connectivity index (χ4v) is 2.75. The molecule has 0 aromatic carbocycles. The first-order chi connectivity index (χ1) is 5.09. The molecule has 1 heterocycles. The third-order valence-electron chi connectivity index (χ3n) is 1.37. The van der Waals surface area contributed by atoms with Crippen molar-refractivity contribution in [1.82, 2.24) is 4.98 Å². The van der Waals surface area contributed by atoms with Crippen molar-refractivity contribution in [2.24, 2.45) is 5.92 Å². The molecule has 0 atom stereocenters. The van der Waals surface area contributed by atoms with Crippen LogP contribution in [0.1, 0.15) is 24.5 Å². The average Bonchev–Trinajstić information content (AvgIpc) is 2.10. The van der Waals surface area contributed by atoms with E-state index in [-0.39, 0.29) is 0 Å². The summed E-state index contributed by atoms with van der Waals surface area (Å²) in [5, 5.41) is 1.28. The third-order valence-corrected chi connectivity index (χ3v) is 3.78. The lowest BCUT2D eigenvalue weighted by atomic mass is 10.1. The van der Waals surface area contributed by atoms with Crippen LogP contribution >= 0.6 is 33.9 Å². The molecule has 0 bridgehead atoms. The molecule has 0 radical (unpaired) electrons. The van der Waals surface area contributed by atoms with Gasteiger partial charge in [-0.05, 0) is 35.4 Å². The largest absolute Gasteiger partial charge is 0.245 e. The number of thiazole rings is 1. The number of halogens is 1. The van der Waals surface area contributed by atoms with E-state index in [1.54, 1.807) is 0 Å². The molecular formula is C8H12INS. The van der Waals surface area contributed by atoms with Crippen LogP contribution < -0.4 is 0 Å². The SMILES string of the molecule is Cc1nc(CC(C)C)sc1I. The molecule has 0 unspecified atom stereocenters. The fourth-order valence-electron chi connectivity index (χ4n) is 0.868. The number of aryl methyl sites for hydroxylation is 1. The molecule has 0 aliphatic rings. The van der Waals surface area contributed by atoms with Crippen LogP contribution in [0.4, 0.5) is 0 Å². The van der Waals surface area contributed by atoms with Gasteiger partial charge in [-0.25, -0.2) is 4.98 Å². The third kappa shape index (κ3) is 2.71. The van der Waals surface area contributed by atoms with Crippen LogP contribution in [0.2, 0.25) is 0 Å². The Morgan fingerprint density at radius 1 is 1.55 bits per heavy atom. The van der Waals surface area contributed by atoms with E-state index in [1.807, 2.05) is 11.3 Å². The van der Waals surface area contributed by atoms with Crippen molar-refractivity contribution in [2.75, 3.05) is 0 Å². The lowest BCUT2D eigenvalue weighted by Gasteiger charge is -1.97. The van der Waals surface area contributed by atoms with Gasteiger partial charge in [0.15, 0.2) is 0 Å². The molecule has 1 aromatic rings. The molecule has 1 aromatic heterocycles. The first kappa shape index (κ1) is 9.45. The van der Waals surface area contributed by atoms with Crippen LogP contribution in [0, 0.1) is 15.7 Å². The van der Waals surface area contributed by atoms with Crippen molar-refractivity contribution >= 4 is 33.9 Å². The van der Waals surface area contributed by atoms with E-state index in [1.165, 1.54) is 13.6 Å². The zero-order chi connectivity index (χ0) is 8.43. The van der Waals surface area contributed by atoms with E-state index in [2.05, 4.69) is 48.3 Å². The van der Waals surface area contributed by atoms with E-state index in [0.29, 0.717) is 0 Å². The van der Waals surface area contributed by atoms with Crippen molar-refractivity contribution in [1.29, 1.82) is 0 Å². The predicted octanol–water partition coefficient (Wildman–Crippen LogP) is 3.25. The van der Waals surface area contributed by atoms with Crippen LogP contribution in [-0.4, -0.2) is 4.98 Å². The highest BCUT2D eigenvalue weighted by Gasteiger charge is 2.05. The number of hydrogen-bond donors (Lipinski definition) is 0. The van der Waals surface area contributed by atoms with Gasteiger partial charge in [-0.15, -0.1) is 11.3 Å². The Morgan fingerprint density at radius 3 is 2.55 bits per heavy atom. The van der Waals surface area contributed by atoms with Gasteiger partial charge in [-0.1, -0.05) is 13.8 Å². The predicted molar refractivity (Wildman–Crippen MR) is 58.1 cm³/mol. The fraction of sp³-hybridized carbons (Fsp3) is 0.625. The van der Waals surface area contributed by atoms with Crippen LogP contribution in [0.15, 0.2) is 0 Å². The molecule has 0 amide bonds. The minimum Gasteiger partial charge on any atom is -0.245 e. The molecule has 0 N–H and O–H groups in total. The van der Waals surface area contributed by atoms with Crippen LogP contribution in [-0.2, 0) is 6.42 Å². The molecule has 3 heteroatoms. The lowest BCUT2D eigenvalue weighted by Crippen LogP contribution is -1.92. The molecule has 0 spiro atoms. The Morgan fingerprint density at radius 2 is 2.18 bits per heavy atom. The van der Waals surface area contributed by atoms with Gasteiger partial charge in [0, 0.05) is 6.42 Å². The number of rotatable bonds is 2. The smallest absolute Gasteiger partial charge is 0.0941 e. The average molecular weight is 281 g/mol. The minimum absolute atomic E-state index is 0.719. The van der Waals surface area contributed by atoms with E-state index in [4.69, 9.17) is 0 Å². The standard InChI is InChI=1S/C8H12INS/c1-5(2)4-7-10-6(3)8(9)11-7/h5H,4H2,1-3H3. The molecule has 0 saturated heterocycles. The minimum atomic E-state index is 0.719. The molecule has 0 saturated carbocycles. The quantitative estimate of drug-likeness (QED) is 0.758. The lowest BCUT2D eigenvalue weighted by molar-refractivity contribution is 0.643. The Labute approximate surface area is 85.4 Å². The molecule has 0 aliphatic carbocycles. The zero-order valence-electron chi connectivity index (χ0n) is 7.02. The Bertz CT molecular complexity index is 223. The summed E-state index contributed by atoms with van der Waals surface area (Å²) in [6, 6.07) is 0. The van der Waals surface area contributed by atoms with Crippen molar-refractivity contribution < 1.29 is 0 Å². The molecule has 11 heavy (non-hydrogen) atoms. The van der Waals surface area contributed by atoms with Gasteiger partial charge in [-0.2, -0.15) is 0 Å². The molecular weight excluding hydrogens is 269 g/mol. The highest BCUT2D eigenvalue weighted by Crippen LogP contribution is 2.21. The van der Waals surface area contributed by atoms with Crippen LogP contribution in [0.25, 0.3) is 0 Å². The number of nitrogens with zero attached hydrogens (tertiary/aromatic N) is 1. The molecule has 62 valence electrons. The van der Waals surface area contributed by atoms with Gasteiger partial charge in [0.25, 0.3) is 0 Å². The summed E-state index contributed by atoms with van der Waals surface area (Å²) >= 11 is 4.17. The van der Waals surface area contributed by atoms with Crippen molar-refractivity contribution in [3.05, 3.63) is 13.6 Å². The van der Waals surface area contributed by atoms with Crippen molar-refractivity contribution in [2.45, 2.75) is 27.2 Å². The Hall–Kier alpha value is 0.360. The van der Waals surface area contributed by atoms with Gasteiger partial charge in [0.1, 0.15) is 0 Å². The van der Waals surface area contributed by atoms with Crippen molar-refractivity contribution in [3.63, 3.8) is 0 Å². The number of aromatic nitrogens is 1. The topological polar surface area (TPSA) is 12.9 Å². The first-order valence-electron chi connectivity index (χ1n) is 3.71. The van der Waals surface area contributed by atoms with E-state index in [9.17, 15) is 0 Å². The zero-order valence-corrected chi connectivity index (χ0v) is 9.99. The monoisotopic (exact) mass is 281 g/mol. The van der Waals surface area contributed by atoms with Crippen molar-refractivity contribution in [3.8, 4) is 0 Å². The Balaban J connectivity index is 2.73. The summed E-state index contributed by atoms with van der Waals surface area (Å²) in [6.45, 7) is 6.52. The second kappa shape index (κ2) is 3.85. The van der Waals surface area contributed by atoms with Gasteiger partial charge in [0.2, 0.25) is 0 Å². The maximum atomic E-state index is 4.46. The summed E-state index contributed by atoms with van der Waals surface area (Å²) in [6.07, 6.45) is 1.12. The van der Waals surface area contributed by atoms with E-state index in [0.717, 1.165) is 12.3 Å². The highest BCUT2D eigenvalue weighted by atomic mass is 127. The summed E-state index contributed by atoms with van der Waals surface area (Å²) in [4.78, 5) is 4.46. The Kier molecular flexibility index (Phi) is 3.30. The summed E-state index contributed by atoms with van der Waals surface area (Å²) in [5.41, 5.74) is 1.19. The first-order valence-corrected chi connectivity index (χ1v) is 5.61. The highest BCUT2D eigenvalue weighted by molar-refractivity contribution is 14.1. The maximum Gasteiger partial charge on any atom is 0.0941 e. The summed E-state index contributed by atoms with van der Waals surface area (Å²) < 4.78 is 1.33. The molecule has 0 fully saturated rings. The maximum absolute atomic E-state index is 4.46. The van der Waals surface area contributed by atoms with Crippen LogP contribution in [0.3, 0.4) is 0 Å². The second-order valence-electron chi connectivity index (χ2n) is 3.06. The normalized spacial score (nSPS) is 11.0. The van der Waals surface area contributed by atoms with Gasteiger partial charge in [-0.3, -0.25) is 0 Å². The molecule has 0 aliphatic heterocycles. The van der Waals surface area contributed by atoms with Gasteiger partial charge in [0.05, 0.1) is 13.6 Å². The second-order valence-corrected chi connectivity index (χ2v) is 5.96. The van der Waals surface area contributed by atoms with Gasteiger partial charge >= 0.3 is 0 Å². The van der Waals surface area contributed by atoms with Crippen LogP contribution in [0.5, 0.6) is 0 Å². The summed E-state index contributed by atoms with van der Waals surface area (Å²) in [7, 11) is 0. The van der Waals surface area contributed by atoms with E-state index < -0.39 is 0 Å². The molecule has 1 rings (SSSR count). The summed E-state index contributed by atoms with van der Waals surface area (Å²) in [5.74, 6) is 0.719. The number of hydrogen-bond acceptors (Lipinski definition) is 2. The van der Waals surface area contributed by atoms with Gasteiger partial charge < -0.3 is 0 Å². The van der Waals surface area contributed by atoms with E-state index >= 15 is 0 Å².